The van der Waals surface area contributed by atoms with Gasteiger partial charge in [-0.3, -0.25) is 14.5 Å². The number of likely N-dealkylation sites (tertiary alicyclic amines) is 1. The van der Waals surface area contributed by atoms with E-state index in [-0.39, 0.29) is 17.4 Å². The van der Waals surface area contributed by atoms with Crippen molar-refractivity contribution in [3.8, 4) is 0 Å². The lowest BCUT2D eigenvalue weighted by molar-refractivity contribution is -0.133. The first-order chi connectivity index (χ1) is 12.5. The first kappa shape index (κ1) is 20.4. The summed E-state index contributed by atoms with van der Waals surface area (Å²) in [4.78, 5) is 26.4. The van der Waals surface area contributed by atoms with Crippen LogP contribution in [0.2, 0.25) is 10.0 Å². The minimum Gasteiger partial charge on any atom is -0.352 e. The highest BCUT2D eigenvalue weighted by Crippen LogP contribution is 2.51. The molecule has 1 saturated carbocycles. The molecule has 5 nitrogen and oxygen atoms in total. The van der Waals surface area contributed by atoms with Crippen LogP contribution in [0.15, 0.2) is 18.2 Å². The zero-order valence-electron chi connectivity index (χ0n) is 16.1. The second kappa shape index (κ2) is 7.61. The molecular weight excluding hydrogens is 385 g/mol. The van der Waals surface area contributed by atoms with E-state index in [4.69, 9.17) is 23.2 Å². The van der Waals surface area contributed by atoms with Gasteiger partial charge in [0.1, 0.15) is 0 Å². The Morgan fingerprint density at radius 3 is 2.30 bits per heavy atom. The van der Waals surface area contributed by atoms with Crippen LogP contribution in [0.25, 0.3) is 0 Å². The predicted molar refractivity (Wildman–Crippen MR) is 108 cm³/mol. The third kappa shape index (κ3) is 5.37. The first-order valence-corrected chi connectivity index (χ1v) is 10.1. The molecule has 2 aliphatic rings. The minimum absolute atomic E-state index is 0.0840. The number of nitrogens with one attached hydrogen (secondary N) is 2. The second-order valence-electron chi connectivity index (χ2n) is 9.09. The Kier molecular flexibility index (Phi) is 5.76. The van der Waals surface area contributed by atoms with Crippen LogP contribution in [0.5, 0.6) is 0 Å². The van der Waals surface area contributed by atoms with Crippen LogP contribution < -0.4 is 10.6 Å². The van der Waals surface area contributed by atoms with Gasteiger partial charge in [-0.05, 0) is 63.1 Å². The van der Waals surface area contributed by atoms with Crippen molar-refractivity contribution in [1.29, 1.82) is 0 Å². The molecule has 27 heavy (non-hydrogen) atoms. The van der Waals surface area contributed by atoms with Crippen molar-refractivity contribution < 1.29 is 9.59 Å². The molecule has 0 bridgehead atoms. The number of amides is 2. The fourth-order valence-corrected chi connectivity index (χ4v) is 4.79. The average Bonchev–Trinajstić information content (AvgIpc) is 2.43. The molecule has 2 amide bonds. The lowest BCUT2D eigenvalue weighted by Gasteiger charge is -2.59. The summed E-state index contributed by atoms with van der Waals surface area (Å²) < 4.78 is 0. The summed E-state index contributed by atoms with van der Waals surface area (Å²) >= 11 is 11.9. The Hall–Kier alpha value is -1.30. The van der Waals surface area contributed by atoms with E-state index in [0.717, 1.165) is 25.9 Å². The number of nitrogens with zero attached hydrogens (tertiary/aromatic N) is 1. The SMILES string of the molecule is CC(C)(C)NC(=O)CN1CC2(CC(CNC(=O)c3cc(Cl)cc(Cl)c3)C2)C1. The number of carbonyl (C=O) groups excluding carboxylic acids is 2. The van der Waals surface area contributed by atoms with Crippen molar-refractivity contribution in [3.63, 3.8) is 0 Å². The van der Waals surface area contributed by atoms with Crippen molar-refractivity contribution in [3.05, 3.63) is 33.8 Å². The zero-order valence-corrected chi connectivity index (χ0v) is 17.6. The van der Waals surface area contributed by atoms with Crippen molar-refractivity contribution >= 4 is 35.0 Å². The fraction of sp³-hybridized carbons (Fsp3) is 0.600. The van der Waals surface area contributed by atoms with E-state index in [1.807, 2.05) is 20.8 Å². The summed E-state index contributed by atoms with van der Waals surface area (Å²) in [5.74, 6) is 0.435. The van der Waals surface area contributed by atoms with E-state index >= 15 is 0 Å². The van der Waals surface area contributed by atoms with Gasteiger partial charge in [0.15, 0.2) is 0 Å². The lowest BCUT2D eigenvalue weighted by Crippen LogP contribution is -2.64. The van der Waals surface area contributed by atoms with E-state index in [1.165, 1.54) is 0 Å². The monoisotopic (exact) mass is 411 g/mol. The summed E-state index contributed by atoms with van der Waals surface area (Å²) in [7, 11) is 0. The van der Waals surface area contributed by atoms with Gasteiger partial charge in [-0.1, -0.05) is 23.2 Å². The fourth-order valence-electron chi connectivity index (χ4n) is 4.27. The number of rotatable bonds is 5. The van der Waals surface area contributed by atoms with Crippen LogP contribution in [-0.4, -0.2) is 48.4 Å². The van der Waals surface area contributed by atoms with E-state index in [2.05, 4.69) is 15.5 Å². The Bertz CT molecular complexity index is 711. The second-order valence-corrected chi connectivity index (χ2v) is 9.96. The highest BCUT2D eigenvalue weighted by molar-refractivity contribution is 6.35. The Morgan fingerprint density at radius 1 is 1.15 bits per heavy atom. The topological polar surface area (TPSA) is 61.4 Å². The molecule has 0 aromatic heterocycles. The molecule has 1 aromatic rings. The standard InChI is InChI=1S/C20H27Cl2N3O2/c1-19(2,3)24-17(26)10-25-11-20(12-25)7-13(8-20)9-23-18(27)14-4-15(21)6-16(22)5-14/h4-6,13H,7-12H2,1-3H3,(H,23,27)(H,24,26). The lowest BCUT2D eigenvalue weighted by atomic mass is 9.57. The van der Waals surface area contributed by atoms with Crippen molar-refractivity contribution in [2.45, 2.75) is 39.2 Å². The van der Waals surface area contributed by atoms with E-state index in [0.29, 0.717) is 40.0 Å². The molecule has 2 fully saturated rings. The summed E-state index contributed by atoms with van der Waals surface area (Å²) in [6.07, 6.45) is 2.20. The van der Waals surface area contributed by atoms with E-state index in [1.54, 1.807) is 18.2 Å². The quantitative estimate of drug-likeness (QED) is 0.780. The molecule has 1 aromatic carbocycles. The molecule has 7 heteroatoms. The van der Waals surface area contributed by atoms with Crippen LogP contribution in [0.4, 0.5) is 0 Å². The minimum atomic E-state index is -0.188. The number of carbonyl (C=O) groups is 2. The smallest absolute Gasteiger partial charge is 0.251 e. The summed E-state index contributed by atoms with van der Waals surface area (Å²) in [5, 5.41) is 6.89. The number of halogens is 2. The van der Waals surface area contributed by atoms with Gasteiger partial charge < -0.3 is 10.6 Å². The number of benzene rings is 1. The largest absolute Gasteiger partial charge is 0.352 e. The van der Waals surface area contributed by atoms with Gasteiger partial charge in [0.2, 0.25) is 5.91 Å². The molecule has 148 valence electrons. The number of hydrogen-bond donors (Lipinski definition) is 2. The van der Waals surface area contributed by atoms with Crippen molar-refractivity contribution in [1.82, 2.24) is 15.5 Å². The van der Waals surface area contributed by atoms with Crippen LogP contribution in [0.3, 0.4) is 0 Å². The molecule has 0 atom stereocenters. The molecule has 3 rings (SSSR count). The zero-order chi connectivity index (χ0) is 19.8. The van der Waals surface area contributed by atoms with Gasteiger partial charge in [-0.25, -0.2) is 0 Å². The molecule has 1 spiro atoms. The van der Waals surface area contributed by atoms with Gasteiger partial charge in [0.25, 0.3) is 5.91 Å². The van der Waals surface area contributed by atoms with Crippen molar-refractivity contribution in [2.24, 2.45) is 11.3 Å². The normalized spacial score (nSPS) is 19.3. The molecule has 1 aliphatic carbocycles. The number of hydrogen-bond acceptors (Lipinski definition) is 3. The van der Waals surface area contributed by atoms with Crippen LogP contribution >= 0.6 is 23.2 Å². The predicted octanol–water partition coefficient (Wildman–Crippen LogP) is 3.35. The molecule has 1 aliphatic heterocycles. The van der Waals surface area contributed by atoms with Gasteiger partial charge in [-0.15, -0.1) is 0 Å². The Labute approximate surface area is 170 Å². The van der Waals surface area contributed by atoms with Crippen molar-refractivity contribution in [2.75, 3.05) is 26.2 Å². The average molecular weight is 412 g/mol. The maximum atomic E-state index is 12.2. The summed E-state index contributed by atoms with van der Waals surface area (Å²) in [6.45, 7) is 9.04. The first-order valence-electron chi connectivity index (χ1n) is 9.31. The Morgan fingerprint density at radius 2 is 1.74 bits per heavy atom. The highest BCUT2D eigenvalue weighted by atomic mass is 35.5. The summed E-state index contributed by atoms with van der Waals surface area (Å²) in [6, 6.07) is 4.86. The van der Waals surface area contributed by atoms with Gasteiger partial charge in [-0.2, -0.15) is 0 Å². The molecule has 0 radical (unpaired) electrons. The Balaban J connectivity index is 1.36. The van der Waals surface area contributed by atoms with Gasteiger partial charge >= 0.3 is 0 Å². The maximum absolute atomic E-state index is 12.2. The maximum Gasteiger partial charge on any atom is 0.251 e. The van der Waals surface area contributed by atoms with Crippen LogP contribution in [0, 0.1) is 11.3 Å². The third-order valence-electron chi connectivity index (χ3n) is 5.12. The van der Waals surface area contributed by atoms with Crippen LogP contribution in [0.1, 0.15) is 44.0 Å². The molecular formula is C20H27Cl2N3O2. The molecule has 2 N–H and O–H groups in total. The molecule has 1 heterocycles. The highest BCUT2D eigenvalue weighted by Gasteiger charge is 2.52. The third-order valence-corrected chi connectivity index (χ3v) is 5.56. The van der Waals surface area contributed by atoms with Gasteiger partial charge in [0, 0.05) is 40.8 Å². The van der Waals surface area contributed by atoms with Crippen LogP contribution in [-0.2, 0) is 4.79 Å². The van der Waals surface area contributed by atoms with Gasteiger partial charge in [0.05, 0.1) is 6.54 Å². The molecule has 0 unspecified atom stereocenters. The van der Waals surface area contributed by atoms with E-state index in [9.17, 15) is 9.59 Å². The van der Waals surface area contributed by atoms with E-state index < -0.39 is 0 Å². The summed E-state index contributed by atoms with van der Waals surface area (Å²) in [5.41, 5.74) is 0.643. The molecule has 1 saturated heterocycles.